The number of fused-ring (bicyclic) bond motifs is 1. The first kappa shape index (κ1) is 20.5. The van der Waals surface area contributed by atoms with Crippen molar-refractivity contribution in [3.63, 3.8) is 0 Å². The lowest BCUT2D eigenvalue weighted by molar-refractivity contribution is -0.117. The molecule has 0 aromatic heterocycles. The van der Waals surface area contributed by atoms with Crippen LogP contribution >= 0.6 is 15.9 Å². The Morgan fingerprint density at radius 3 is 2.64 bits per heavy atom. The number of nitrogens with zero attached hydrogens (tertiary/aromatic N) is 1. The Hall–Kier alpha value is -2.19. The third kappa shape index (κ3) is 4.28. The van der Waals surface area contributed by atoms with E-state index < -0.39 is 15.1 Å². The molecule has 8 heteroatoms. The van der Waals surface area contributed by atoms with Crippen LogP contribution in [0.15, 0.2) is 51.8 Å². The molecule has 0 unspecified atom stereocenters. The summed E-state index contributed by atoms with van der Waals surface area (Å²) in [6, 6.07) is 11.9. The van der Waals surface area contributed by atoms with Crippen molar-refractivity contribution in [1.82, 2.24) is 0 Å². The molecule has 0 spiro atoms. The van der Waals surface area contributed by atoms with Gasteiger partial charge in [-0.1, -0.05) is 22.0 Å². The Morgan fingerprint density at radius 1 is 1.21 bits per heavy atom. The molecular formula is C20H21BrN2O4S. The van der Waals surface area contributed by atoms with Crippen LogP contribution in [-0.2, 0) is 25.8 Å². The summed E-state index contributed by atoms with van der Waals surface area (Å²) in [6.45, 7) is 3.58. The Balaban J connectivity index is 1.73. The van der Waals surface area contributed by atoms with Crippen LogP contribution in [0.2, 0.25) is 0 Å². The lowest BCUT2D eigenvalue weighted by Crippen LogP contribution is -2.26. The van der Waals surface area contributed by atoms with E-state index in [2.05, 4.69) is 21.2 Å². The molecular weight excluding hydrogens is 444 g/mol. The maximum atomic E-state index is 12.9. The van der Waals surface area contributed by atoms with Gasteiger partial charge >= 0.3 is 0 Å². The van der Waals surface area contributed by atoms with Gasteiger partial charge in [0.1, 0.15) is 0 Å². The average Bonchev–Trinajstić information content (AvgIpc) is 3.05. The first-order chi connectivity index (χ1) is 13.2. The smallest absolute Gasteiger partial charge is 0.225 e. The molecule has 1 atom stereocenters. The maximum absolute atomic E-state index is 12.9. The third-order valence-electron chi connectivity index (χ3n) is 4.77. The summed E-state index contributed by atoms with van der Waals surface area (Å²) in [4.78, 5) is 25.8. The highest BCUT2D eigenvalue weighted by atomic mass is 79.9. The van der Waals surface area contributed by atoms with Gasteiger partial charge in [-0.05, 0) is 55.3 Å². The highest BCUT2D eigenvalue weighted by molar-refractivity contribution is 9.10. The van der Waals surface area contributed by atoms with Crippen LogP contribution < -0.4 is 10.2 Å². The highest BCUT2D eigenvalue weighted by Crippen LogP contribution is 2.31. The molecule has 1 aliphatic heterocycles. The standard InChI is InChI=1S/C20H21BrN2O4S/c1-13(10-20(25)22-17-5-3-4-16(21)12-17)28(26,27)18-6-7-19-15(11-18)8-9-23(19)14(2)24/h3-7,11-13H,8-10H2,1-2H3,(H,22,25)/t13-/m1/s1. The Bertz CT molecular complexity index is 1040. The summed E-state index contributed by atoms with van der Waals surface area (Å²) in [5, 5.41) is 1.85. The van der Waals surface area contributed by atoms with Gasteiger partial charge in [-0.25, -0.2) is 8.42 Å². The average molecular weight is 465 g/mol. The number of hydrogen-bond donors (Lipinski definition) is 1. The van der Waals surface area contributed by atoms with E-state index >= 15 is 0 Å². The number of benzene rings is 2. The van der Waals surface area contributed by atoms with E-state index in [0.29, 0.717) is 18.7 Å². The number of carbonyl (C=O) groups is 2. The number of carbonyl (C=O) groups excluding carboxylic acids is 2. The summed E-state index contributed by atoms with van der Waals surface area (Å²) in [5.74, 6) is -0.426. The van der Waals surface area contributed by atoms with E-state index in [9.17, 15) is 18.0 Å². The van der Waals surface area contributed by atoms with E-state index in [4.69, 9.17) is 0 Å². The van der Waals surface area contributed by atoms with Crippen molar-refractivity contribution >= 4 is 49.0 Å². The zero-order valence-corrected chi connectivity index (χ0v) is 18.0. The quantitative estimate of drug-likeness (QED) is 0.732. The van der Waals surface area contributed by atoms with Crippen LogP contribution in [0.3, 0.4) is 0 Å². The molecule has 0 saturated carbocycles. The normalized spacial score (nSPS) is 14.5. The number of halogens is 1. The second kappa shape index (κ2) is 8.05. The molecule has 2 aromatic rings. The van der Waals surface area contributed by atoms with Gasteiger partial charge in [0.05, 0.1) is 10.1 Å². The van der Waals surface area contributed by atoms with E-state index in [0.717, 1.165) is 15.7 Å². The molecule has 28 heavy (non-hydrogen) atoms. The minimum Gasteiger partial charge on any atom is -0.326 e. The highest BCUT2D eigenvalue weighted by Gasteiger charge is 2.29. The molecule has 0 fully saturated rings. The van der Waals surface area contributed by atoms with Crippen molar-refractivity contribution in [1.29, 1.82) is 0 Å². The summed E-state index contributed by atoms with van der Waals surface area (Å²) in [7, 11) is -3.67. The first-order valence-corrected chi connectivity index (χ1v) is 11.2. The molecule has 1 heterocycles. The van der Waals surface area contributed by atoms with Gasteiger partial charge in [0.25, 0.3) is 0 Å². The fraction of sp³-hybridized carbons (Fsp3) is 0.300. The number of sulfone groups is 1. The zero-order chi connectivity index (χ0) is 20.5. The molecule has 6 nitrogen and oxygen atoms in total. The predicted molar refractivity (Wildman–Crippen MR) is 112 cm³/mol. The van der Waals surface area contributed by atoms with Crippen molar-refractivity contribution in [2.75, 3.05) is 16.8 Å². The third-order valence-corrected chi connectivity index (χ3v) is 7.40. The van der Waals surface area contributed by atoms with Gasteiger partial charge in [0.2, 0.25) is 11.8 Å². The van der Waals surface area contributed by atoms with Crippen LogP contribution in [0.1, 0.15) is 25.8 Å². The number of nitrogens with one attached hydrogen (secondary N) is 1. The van der Waals surface area contributed by atoms with Gasteiger partial charge in [-0.3, -0.25) is 9.59 Å². The fourth-order valence-corrected chi connectivity index (χ4v) is 5.06. The van der Waals surface area contributed by atoms with Crippen LogP contribution in [0.5, 0.6) is 0 Å². The van der Waals surface area contributed by atoms with Crippen molar-refractivity contribution < 1.29 is 18.0 Å². The largest absolute Gasteiger partial charge is 0.326 e. The Labute approximate surface area is 173 Å². The number of hydrogen-bond acceptors (Lipinski definition) is 4. The first-order valence-electron chi connectivity index (χ1n) is 8.89. The number of amides is 2. The molecule has 2 amide bonds. The Morgan fingerprint density at radius 2 is 1.96 bits per heavy atom. The summed E-state index contributed by atoms with van der Waals surface area (Å²) in [6.07, 6.45) is 0.474. The molecule has 148 valence electrons. The number of anilines is 2. The summed E-state index contributed by atoms with van der Waals surface area (Å²) < 4.78 is 26.7. The summed E-state index contributed by atoms with van der Waals surface area (Å²) in [5.41, 5.74) is 2.19. The molecule has 0 radical (unpaired) electrons. The van der Waals surface area contributed by atoms with Crippen LogP contribution in [0.25, 0.3) is 0 Å². The summed E-state index contributed by atoms with van der Waals surface area (Å²) >= 11 is 3.33. The van der Waals surface area contributed by atoms with Gasteiger partial charge in [-0.2, -0.15) is 0 Å². The van der Waals surface area contributed by atoms with Crippen molar-refractivity contribution in [2.24, 2.45) is 0 Å². The monoisotopic (exact) mass is 464 g/mol. The van der Waals surface area contributed by atoms with Crippen molar-refractivity contribution in [3.05, 3.63) is 52.5 Å². The van der Waals surface area contributed by atoms with Crippen molar-refractivity contribution in [3.8, 4) is 0 Å². The lowest BCUT2D eigenvalue weighted by atomic mass is 10.2. The fourth-order valence-electron chi connectivity index (χ4n) is 3.26. The molecule has 2 aromatic carbocycles. The van der Waals surface area contributed by atoms with Gasteiger partial charge < -0.3 is 10.2 Å². The molecule has 1 aliphatic rings. The van der Waals surface area contributed by atoms with E-state index in [1.54, 1.807) is 35.2 Å². The molecule has 0 bridgehead atoms. The predicted octanol–water partition coefficient (Wildman–Crippen LogP) is 3.55. The van der Waals surface area contributed by atoms with E-state index in [1.807, 2.05) is 6.07 Å². The topological polar surface area (TPSA) is 83.6 Å². The molecule has 3 rings (SSSR count). The van der Waals surface area contributed by atoms with E-state index in [1.165, 1.54) is 19.9 Å². The number of rotatable bonds is 5. The second-order valence-corrected chi connectivity index (χ2v) is 10.1. The van der Waals surface area contributed by atoms with Crippen molar-refractivity contribution in [2.45, 2.75) is 36.8 Å². The van der Waals surface area contributed by atoms with E-state index in [-0.39, 0.29) is 23.1 Å². The van der Waals surface area contributed by atoms with Crippen LogP contribution in [0, 0.1) is 0 Å². The van der Waals surface area contributed by atoms with Crippen LogP contribution in [-0.4, -0.2) is 32.0 Å². The Kier molecular flexibility index (Phi) is 5.90. The zero-order valence-electron chi connectivity index (χ0n) is 15.6. The maximum Gasteiger partial charge on any atom is 0.225 e. The molecule has 1 N–H and O–H groups in total. The molecule has 0 saturated heterocycles. The molecule has 0 aliphatic carbocycles. The second-order valence-electron chi connectivity index (χ2n) is 6.83. The van der Waals surface area contributed by atoms with Crippen LogP contribution in [0.4, 0.5) is 11.4 Å². The van der Waals surface area contributed by atoms with Gasteiger partial charge in [-0.15, -0.1) is 0 Å². The minimum atomic E-state index is -3.67. The van der Waals surface area contributed by atoms with Gasteiger partial charge in [0.15, 0.2) is 9.84 Å². The minimum absolute atomic E-state index is 0.0630. The van der Waals surface area contributed by atoms with Gasteiger partial charge in [0, 0.05) is 35.7 Å². The lowest BCUT2D eigenvalue weighted by Gasteiger charge is -2.16. The SMILES string of the molecule is CC(=O)N1CCc2cc(S(=O)(=O)[C@H](C)CC(=O)Nc3cccc(Br)c3)ccc21.